The highest BCUT2D eigenvalue weighted by molar-refractivity contribution is 7.22. The third kappa shape index (κ3) is 4.04. The molecule has 152 valence electrons. The molecular weight excluding hydrogens is 416 g/mol. The largest absolute Gasteiger partial charge is 0.416 e. The Bertz CT molecular complexity index is 1190. The highest BCUT2D eigenvalue weighted by atomic mass is 32.1. The molecule has 0 unspecified atom stereocenters. The van der Waals surface area contributed by atoms with Crippen molar-refractivity contribution in [2.24, 2.45) is 0 Å². The first-order valence-electron chi connectivity index (χ1n) is 8.91. The van der Waals surface area contributed by atoms with E-state index >= 15 is 0 Å². The fraction of sp³-hybridized carbons (Fsp3) is 0.0909. The maximum absolute atomic E-state index is 14.1. The number of hydrogen-bond donors (Lipinski definition) is 0. The van der Waals surface area contributed by atoms with E-state index in [9.17, 15) is 22.4 Å². The maximum atomic E-state index is 14.1. The number of carbonyl (C=O) groups excluding carboxylic acids is 1. The molecular formula is C22H14F4N2OS. The van der Waals surface area contributed by atoms with Crippen molar-refractivity contribution in [3.63, 3.8) is 0 Å². The van der Waals surface area contributed by atoms with E-state index in [1.807, 2.05) is 30.3 Å². The van der Waals surface area contributed by atoms with Crippen molar-refractivity contribution in [2.45, 2.75) is 12.7 Å². The van der Waals surface area contributed by atoms with Crippen molar-refractivity contribution in [3.8, 4) is 0 Å². The van der Waals surface area contributed by atoms with Crippen LogP contribution in [0.3, 0.4) is 0 Å². The number of carbonyl (C=O) groups is 1. The van der Waals surface area contributed by atoms with Gasteiger partial charge >= 0.3 is 6.18 Å². The van der Waals surface area contributed by atoms with Crippen LogP contribution in [0.2, 0.25) is 0 Å². The Morgan fingerprint density at radius 1 is 0.933 bits per heavy atom. The smallest absolute Gasteiger partial charge is 0.279 e. The normalized spacial score (nSPS) is 11.6. The fourth-order valence-electron chi connectivity index (χ4n) is 2.97. The highest BCUT2D eigenvalue weighted by Gasteiger charge is 2.31. The topological polar surface area (TPSA) is 33.2 Å². The van der Waals surface area contributed by atoms with Crippen LogP contribution < -0.4 is 4.90 Å². The molecule has 4 aromatic rings. The summed E-state index contributed by atoms with van der Waals surface area (Å²) in [7, 11) is 0. The summed E-state index contributed by atoms with van der Waals surface area (Å²) in [5.41, 5.74) is 0.197. The molecule has 0 aliphatic rings. The van der Waals surface area contributed by atoms with Crippen molar-refractivity contribution in [3.05, 3.63) is 95.3 Å². The van der Waals surface area contributed by atoms with Crippen molar-refractivity contribution in [2.75, 3.05) is 4.90 Å². The molecule has 3 nitrogen and oxygen atoms in total. The number of alkyl halides is 3. The van der Waals surface area contributed by atoms with Gasteiger partial charge in [0.25, 0.3) is 5.91 Å². The van der Waals surface area contributed by atoms with Crippen LogP contribution in [0.1, 0.15) is 21.5 Å². The predicted octanol–water partition coefficient (Wildman–Crippen LogP) is 6.30. The molecule has 1 heterocycles. The average Bonchev–Trinajstić information content (AvgIpc) is 3.17. The summed E-state index contributed by atoms with van der Waals surface area (Å²) in [5, 5.41) is 0.267. The van der Waals surface area contributed by atoms with E-state index in [0.717, 1.165) is 41.2 Å². The van der Waals surface area contributed by atoms with Crippen LogP contribution in [-0.2, 0) is 12.7 Å². The number of anilines is 1. The fourth-order valence-corrected chi connectivity index (χ4v) is 3.95. The third-order valence-electron chi connectivity index (χ3n) is 4.48. The first kappa shape index (κ1) is 20.0. The van der Waals surface area contributed by atoms with E-state index in [4.69, 9.17) is 0 Å². The number of rotatable bonds is 4. The van der Waals surface area contributed by atoms with Crippen LogP contribution in [0.5, 0.6) is 0 Å². The molecule has 0 spiro atoms. The summed E-state index contributed by atoms with van der Waals surface area (Å²) >= 11 is 1.14. The minimum atomic E-state index is -4.49. The van der Waals surface area contributed by atoms with Gasteiger partial charge in [-0.25, -0.2) is 9.37 Å². The first-order chi connectivity index (χ1) is 14.3. The number of nitrogens with zero attached hydrogens (tertiary/aromatic N) is 2. The first-order valence-corrected chi connectivity index (χ1v) is 9.73. The molecule has 0 saturated heterocycles. The number of fused-ring (bicyclic) bond motifs is 1. The van der Waals surface area contributed by atoms with Crippen molar-refractivity contribution in [1.29, 1.82) is 0 Å². The van der Waals surface area contributed by atoms with Crippen LogP contribution >= 0.6 is 11.3 Å². The second kappa shape index (κ2) is 7.87. The highest BCUT2D eigenvalue weighted by Crippen LogP contribution is 2.33. The number of para-hydroxylation sites is 1. The van der Waals surface area contributed by atoms with E-state index in [0.29, 0.717) is 4.70 Å². The van der Waals surface area contributed by atoms with Gasteiger partial charge in [-0.1, -0.05) is 47.7 Å². The average molecular weight is 430 g/mol. The summed E-state index contributed by atoms with van der Waals surface area (Å²) in [4.78, 5) is 18.8. The standard InChI is InChI=1S/C22H14F4N2OS/c23-17-7-4-8-18-19(17)27-21(30-18)28(13-14-5-2-1-3-6-14)20(29)15-9-11-16(12-10-15)22(24,25)26/h1-12H,13H2. The molecule has 30 heavy (non-hydrogen) atoms. The van der Waals surface area contributed by atoms with Gasteiger partial charge in [0.15, 0.2) is 5.13 Å². The quantitative estimate of drug-likeness (QED) is 0.356. The summed E-state index contributed by atoms with van der Waals surface area (Å²) < 4.78 is 53.2. The van der Waals surface area contributed by atoms with Crippen LogP contribution in [0.4, 0.5) is 22.7 Å². The van der Waals surface area contributed by atoms with Crippen molar-refractivity contribution >= 4 is 32.6 Å². The van der Waals surface area contributed by atoms with Crippen LogP contribution in [-0.4, -0.2) is 10.9 Å². The van der Waals surface area contributed by atoms with E-state index in [-0.39, 0.29) is 22.8 Å². The Morgan fingerprint density at radius 3 is 2.27 bits per heavy atom. The molecule has 0 atom stereocenters. The van der Waals surface area contributed by atoms with Gasteiger partial charge in [0, 0.05) is 5.56 Å². The van der Waals surface area contributed by atoms with E-state index in [2.05, 4.69) is 4.98 Å². The lowest BCUT2D eigenvalue weighted by atomic mass is 10.1. The van der Waals surface area contributed by atoms with Crippen molar-refractivity contribution < 1.29 is 22.4 Å². The van der Waals surface area contributed by atoms with Gasteiger partial charge in [0.2, 0.25) is 0 Å². The summed E-state index contributed by atoms with van der Waals surface area (Å²) in [6.07, 6.45) is -4.49. The second-order valence-corrected chi connectivity index (χ2v) is 7.54. The molecule has 0 saturated carbocycles. The SMILES string of the molecule is O=C(c1ccc(C(F)(F)F)cc1)N(Cc1ccccc1)c1nc2c(F)cccc2s1. The molecule has 3 aromatic carbocycles. The van der Waals surface area contributed by atoms with E-state index in [1.165, 1.54) is 11.0 Å². The Morgan fingerprint density at radius 2 is 1.63 bits per heavy atom. The lowest BCUT2D eigenvalue weighted by Crippen LogP contribution is -2.30. The third-order valence-corrected chi connectivity index (χ3v) is 5.52. The molecule has 0 aliphatic heterocycles. The van der Waals surface area contributed by atoms with Gasteiger partial charge in [-0.15, -0.1) is 0 Å². The lowest BCUT2D eigenvalue weighted by Gasteiger charge is -2.20. The van der Waals surface area contributed by atoms with Gasteiger partial charge in [-0.3, -0.25) is 9.69 Å². The molecule has 1 amide bonds. The van der Waals surface area contributed by atoms with E-state index < -0.39 is 23.5 Å². The summed E-state index contributed by atoms with van der Waals surface area (Å²) in [6, 6.07) is 17.6. The zero-order chi connectivity index (χ0) is 21.3. The number of halogens is 4. The Balaban J connectivity index is 1.74. The van der Waals surface area contributed by atoms with Gasteiger partial charge in [-0.05, 0) is 42.0 Å². The molecule has 0 fully saturated rings. The number of benzene rings is 3. The number of amides is 1. The second-order valence-electron chi connectivity index (χ2n) is 6.54. The Hall–Kier alpha value is -3.26. The zero-order valence-corrected chi connectivity index (χ0v) is 16.2. The van der Waals surface area contributed by atoms with Gasteiger partial charge in [0.1, 0.15) is 11.3 Å². The number of hydrogen-bond acceptors (Lipinski definition) is 3. The summed E-state index contributed by atoms with van der Waals surface area (Å²) in [6.45, 7) is 0.141. The zero-order valence-electron chi connectivity index (χ0n) is 15.4. The number of thiazole rings is 1. The van der Waals surface area contributed by atoms with E-state index in [1.54, 1.807) is 12.1 Å². The monoisotopic (exact) mass is 430 g/mol. The van der Waals surface area contributed by atoms with Crippen LogP contribution in [0.25, 0.3) is 10.2 Å². The molecule has 8 heteroatoms. The molecule has 0 radical (unpaired) electrons. The Kier molecular flexibility index (Phi) is 5.26. The number of aromatic nitrogens is 1. The van der Waals surface area contributed by atoms with Gasteiger partial charge in [0.05, 0.1) is 16.8 Å². The molecule has 4 rings (SSSR count). The molecule has 0 N–H and O–H groups in total. The molecule has 0 aliphatic carbocycles. The minimum absolute atomic E-state index is 0.0821. The van der Waals surface area contributed by atoms with Gasteiger partial charge in [-0.2, -0.15) is 13.2 Å². The van der Waals surface area contributed by atoms with Crippen molar-refractivity contribution in [1.82, 2.24) is 4.98 Å². The predicted molar refractivity (Wildman–Crippen MR) is 108 cm³/mol. The summed E-state index contributed by atoms with van der Waals surface area (Å²) in [5.74, 6) is -1.02. The maximum Gasteiger partial charge on any atom is 0.416 e. The van der Waals surface area contributed by atoms with Crippen LogP contribution in [0.15, 0.2) is 72.8 Å². The van der Waals surface area contributed by atoms with Crippen LogP contribution in [0, 0.1) is 5.82 Å². The Labute approximate surface area is 173 Å². The molecule has 0 bridgehead atoms. The molecule has 1 aromatic heterocycles. The lowest BCUT2D eigenvalue weighted by molar-refractivity contribution is -0.137. The van der Waals surface area contributed by atoms with Gasteiger partial charge < -0.3 is 0 Å². The minimum Gasteiger partial charge on any atom is -0.279 e.